The van der Waals surface area contributed by atoms with Crippen LogP contribution in [0, 0.1) is 0 Å². The fourth-order valence-corrected chi connectivity index (χ4v) is 3.45. The summed E-state index contributed by atoms with van der Waals surface area (Å²) in [4.78, 5) is 20.8. The summed E-state index contributed by atoms with van der Waals surface area (Å²) >= 11 is 0. The van der Waals surface area contributed by atoms with Gasteiger partial charge in [-0.25, -0.2) is 0 Å². The van der Waals surface area contributed by atoms with Crippen molar-refractivity contribution in [2.45, 2.75) is 6.42 Å². The van der Waals surface area contributed by atoms with Crippen LogP contribution in [0.25, 0.3) is 0 Å². The third kappa shape index (κ3) is 4.65. The molecule has 8 nitrogen and oxygen atoms in total. The van der Waals surface area contributed by atoms with E-state index in [4.69, 9.17) is 4.74 Å². The van der Waals surface area contributed by atoms with Crippen LogP contribution in [0.4, 0.5) is 17.3 Å². The van der Waals surface area contributed by atoms with Gasteiger partial charge in [-0.15, -0.1) is 10.2 Å². The summed E-state index contributed by atoms with van der Waals surface area (Å²) in [5, 5.41) is 11.8. The number of pyridine rings is 1. The number of ether oxygens (including phenoxy) is 1. The van der Waals surface area contributed by atoms with Crippen LogP contribution in [0.1, 0.15) is 5.56 Å². The number of rotatable bonds is 6. The molecular weight excluding hydrogens is 380 g/mol. The monoisotopic (exact) mass is 404 g/mol. The van der Waals surface area contributed by atoms with E-state index in [9.17, 15) is 4.79 Å². The van der Waals surface area contributed by atoms with Crippen molar-refractivity contribution in [2.24, 2.45) is 0 Å². The van der Waals surface area contributed by atoms with Gasteiger partial charge < -0.3 is 19.9 Å². The van der Waals surface area contributed by atoms with Crippen LogP contribution in [0.3, 0.4) is 0 Å². The predicted octanol–water partition coefficient (Wildman–Crippen LogP) is 2.52. The van der Waals surface area contributed by atoms with Gasteiger partial charge in [0.1, 0.15) is 5.75 Å². The molecule has 1 saturated heterocycles. The summed E-state index contributed by atoms with van der Waals surface area (Å²) in [7, 11) is 1.63. The second kappa shape index (κ2) is 9.21. The number of carbonyl (C=O) groups excluding carboxylic acids is 1. The van der Waals surface area contributed by atoms with Gasteiger partial charge in [-0.05, 0) is 30.3 Å². The van der Waals surface area contributed by atoms with Crippen LogP contribution in [0.15, 0.2) is 60.9 Å². The largest absolute Gasteiger partial charge is 0.496 e. The van der Waals surface area contributed by atoms with Crippen molar-refractivity contribution in [3.63, 3.8) is 0 Å². The molecule has 154 valence electrons. The third-order valence-electron chi connectivity index (χ3n) is 5.07. The Morgan fingerprint density at radius 1 is 1.03 bits per heavy atom. The number of aromatic nitrogens is 3. The van der Waals surface area contributed by atoms with Gasteiger partial charge in [0.15, 0.2) is 11.6 Å². The molecule has 1 N–H and O–H groups in total. The van der Waals surface area contributed by atoms with E-state index in [1.54, 1.807) is 19.5 Å². The van der Waals surface area contributed by atoms with Gasteiger partial charge in [0.25, 0.3) is 0 Å². The lowest BCUT2D eigenvalue weighted by Gasteiger charge is -2.35. The molecule has 0 spiro atoms. The number of hydrogen-bond acceptors (Lipinski definition) is 7. The van der Waals surface area contributed by atoms with Crippen molar-refractivity contribution in [2.75, 3.05) is 43.5 Å². The van der Waals surface area contributed by atoms with E-state index in [-0.39, 0.29) is 5.91 Å². The molecule has 2 aromatic heterocycles. The second-order valence-corrected chi connectivity index (χ2v) is 7.00. The maximum Gasteiger partial charge on any atom is 0.227 e. The molecule has 0 atom stereocenters. The molecule has 1 aliphatic heterocycles. The first-order valence-electron chi connectivity index (χ1n) is 9.88. The molecule has 3 heterocycles. The zero-order valence-electron chi connectivity index (χ0n) is 16.9. The van der Waals surface area contributed by atoms with Gasteiger partial charge in [-0.1, -0.05) is 18.2 Å². The molecule has 0 saturated carbocycles. The number of hydrogen-bond donors (Lipinski definition) is 1. The summed E-state index contributed by atoms with van der Waals surface area (Å²) in [5.41, 5.74) is 1.77. The molecule has 1 amide bonds. The fraction of sp³-hybridized carbons (Fsp3) is 0.273. The van der Waals surface area contributed by atoms with E-state index in [0.717, 1.165) is 35.9 Å². The number of methoxy groups -OCH3 is 1. The molecule has 1 aromatic carbocycles. The average Bonchev–Trinajstić information content (AvgIpc) is 2.81. The van der Waals surface area contributed by atoms with Crippen LogP contribution in [0.2, 0.25) is 0 Å². The van der Waals surface area contributed by atoms with Gasteiger partial charge in [0.2, 0.25) is 5.91 Å². The van der Waals surface area contributed by atoms with Gasteiger partial charge in [0, 0.05) is 37.9 Å². The van der Waals surface area contributed by atoms with E-state index in [2.05, 4.69) is 25.4 Å². The molecule has 1 fully saturated rings. The first-order valence-corrected chi connectivity index (χ1v) is 9.88. The Labute approximate surface area is 175 Å². The molecule has 30 heavy (non-hydrogen) atoms. The van der Waals surface area contributed by atoms with Crippen molar-refractivity contribution in [1.29, 1.82) is 0 Å². The van der Waals surface area contributed by atoms with Gasteiger partial charge >= 0.3 is 0 Å². The maximum atomic E-state index is 12.7. The van der Waals surface area contributed by atoms with E-state index < -0.39 is 0 Å². The van der Waals surface area contributed by atoms with Crippen molar-refractivity contribution in [1.82, 2.24) is 20.1 Å². The van der Waals surface area contributed by atoms with Crippen LogP contribution in [-0.4, -0.2) is 59.3 Å². The summed E-state index contributed by atoms with van der Waals surface area (Å²) in [5.74, 6) is 2.34. The molecular formula is C22H24N6O2. The van der Waals surface area contributed by atoms with Crippen molar-refractivity contribution < 1.29 is 9.53 Å². The molecule has 0 bridgehead atoms. The molecule has 8 heteroatoms. The first-order chi connectivity index (χ1) is 14.7. The molecule has 0 radical (unpaired) electrons. The minimum Gasteiger partial charge on any atom is -0.496 e. The average molecular weight is 404 g/mol. The minimum atomic E-state index is 0.112. The lowest BCUT2D eigenvalue weighted by molar-refractivity contribution is -0.130. The zero-order chi connectivity index (χ0) is 20.8. The number of nitrogens with one attached hydrogen (secondary N) is 1. The van der Waals surface area contributed by atoms with Gasteiger partial charge in [-0.2, -0.15) is 0 Å². The maximum absolute atomic E-state index is 12.7. The van der Waals surface area contributed by atoms with Crippen molar-refractivity contribution >= 4 is 23.2 Å². The predicted molar refractivity (Wildman–Crippen MR) is 115 cm³/mol. The topological polar surface area (TPSA) is 83.5 Å². The molecule has 0 unspecified atom stereocenters. The number of piperazine rings is 1. The highest BCUT2D eigenvalue weighted by molar-refractivity contribution is 5.79. The number of carbonyl (C=O) groups is 1. The number of nitrogens with zero attached hydrogens (tertiary/aromatic N) is 5. The first kappa shape index (κ1) is 19.6. The summed E-state index contributed by atoms with van der Waals surface area (Å²) in [6.07, 6.45) is 3.80. The number of anilines is 3. The zero-order valence-corrected chi connectivity index (χ0v) is 16.9. The Morgan fingerprint density at radius 2 is 1.87 bits per heavy atom. The highest BCUT2D eigenvalue weighted by Crippen LogP contribution is 2.20. The number of benzene rings is 1. The Morgan fingerprint density at radius 3 is 2.57 bits per heavy atom. The minimum absolute atomic E-state index is 0.112. The summed E-state index contributed by atoms with van der Waals surface area (Å²) < 4.78 is 5.35. The SMILES string of the molecule is COc1ccccc1CC(=O)N1CCN(c2ccc(Nc3cccnc3)nn2)CC1. The Kier molecular flexibility index (Phi) is 6.03. The van der Waals surface area contributed by atoms with E-state index >= 15 is 0 Å². The second-order valence-electron chi connectivity index (χ2n) is 7.00. The van der Waals surface area contributed by atoms with Crippen LogP contribution < -0.4 is 15.0 Å². The molecule has 0 aliphatic carbocycles. The summed E-state index contributed by atoms with van der Waals surface area (Å²) in [6, 6.07) is 15.3. The van der Waals surface area contributed by atoms with Crippen LogP contribution in [0.5, 0.6) is 5.75 Å². The Bertz CT molecular complexity index is 972. The molecule has 1 aliphatic rings. The lowest BCUT2D eigenvalue weighted by Crippen LogP contribution is -2.49. The standard InChI is InChI=1S/C22H24N6O2/c1-30-19-7-3-2-5-17(19)15-22(29)28-13-11-27(12-14-28)21-9-8-20(25-26-21)24-18-6-4-10-23-16-18/h2-10,16H,11-15H2,1H3,(H,24,25). The van der Waals surface area contributed by atoms with Crippen molar-refractivity contribution in [3.8, 4) is 5.75 Å². The van der Waals surface area contributed by atoms with Crippen LogP contribution in [-0.2, 0) is 11.2 Å². The fourth-order valence-electron chi connectivity index (χ4n) is 3.45. The van der Waals surface area contributed by atoms with Gasteiger partial charge in [-0.3, -0.25) is 9.78 Å². The number of para-hydroxylation sites is 1. The van der Waals surface area contributed by atoms with E-state index in [1.165, 1.54) is 0 Å². The lowest BCUT2D eigenvalue weighted by atomic mass is 10.1. The van der Waals surface area contributed by atoms with Crippen LogP contribution >= 0.6 is 0 Å². The highest BCUT2D eigenvalue weighted by Gasteiger charge is 2.23. The number of amides is 1. The quantitative estimate of drug-likeness (QED) is 0.676. The molecule has 4 rings (SSSR count). The van der Waals surface area contributed by atoms with Crippen molar-refractivity contribution in [3.05, 3.63) is 66.5 Å². The highest BCUT2D eigenvalue weighted by atomic mass is 16.5. The Hall–Kier alpha value is -3.68. The smallest absolute Gasteiger partial charge is 0.227 e. The Balaban J connectivity index is 1.31. The van der Waals surface area contributed by atoms with E-state index in [0.29, 0.717) is 25.3 Å². The summed E-state index contributed by atoms with van der Waals surface area (Å²) in [6.45, 7) is 2.76. The molecule has 3 aromatic rings. The third-order valence-corrected chi connectivity index (χ3v) is 5.07. The normalized spacial score (nSPS) is 13.8. The van der Waals surface area contributed by atoms with E-state index in [1.807, 2.05) is 53.4 Å². The van der Waals surface area contributed by atoms with Gasteiger partial charge in [0.05, 0.1) is 25.4 Å².